The Labute approximate surface area is 121 Å². The van der Waals surface area contributed by atoms with E-state index in [-0.39, 0.29) is 12.0 Å². The third kappa shape index (κ3) is 2.51. The summed E-state index contributed by atoms with van der Waals surface area (Å²) < 4.78 is 6.55. The number of nitrogens with two attached hydrogens (primary N) is 1. The first kappa shape index (κ1) is 13.4. The molecular formula is C15H18N2O2S. The van der Waals surface area contributed by atoms with Gasteiger partial charge in [-0.15, -0.1) is 11.3 Å². The maximum absolute atomic E-state index is 12.2. The van der Waals surface area contributed by atoms with Crippen LogP contribution in [0.4, 0.5) is 5.69 Å². The summed E-state index contributed by atoms with van der Waals surface area (Å²) in [6.45, 7) is 3.38. The Bertz CT molecular complexity index is 645. The Morgan fingerprint density at radius 2 is 2.40 bits per heavy atom. The van der Waals surface area contributed by atoms with E-state index < -0.39 is 0 Å². The molecule has 1 aromatic carbocycles. The molecule has 0 spiro atoms. The van der Waals surface area contributed by atoms with Gasteiger partial charge in [-0.25, -0.2) is 0 Å². The number of amides is 1. The van der Waals surface area contributed by atoms with Gasteiger partial charge in [0.15, 0.2) is 0 Å². The van der Waals surface area contributed by atoms with E-state index in [0.717, 1.165) is 35.1 Å². The summed E-state index contributed by atoms with van der Waals surface area (Å²) in [5.74, 6) is -0.100. The number of rotatable bonds is 3. The molecule has 0 bridgehead atoms. The van der Waals surface area contributed by atoms with Crippen LogP contribution >= 0.6 is 11.3 Å². The first-order valence-corrected chi connectivity index (χ1v) is 7.65. The maximum Gasteiger partial charge on any atom is 0.263 e. The van der Waals surface area contributed by atoms with Crippen LogP contribution in [0.1, 0.15) is 28.1 Å². The van der Waals surface area contributed by atoms with Gasteiger partial charge in [0, 0.05) is 23.2 Å². The molecular weight excluding hydrogens is 272 g/mol. The molecule has 5 heteroatoms. The SMILES string of the molecule is Cc1ccc2sc(C(=O)NCC3CCCO3)c(N)c2c1. The summed E-state index contributed by atoms with van der Waals surface area (Å²) in [6.07, 6.45) is 2.24. The van der Waals surface area contributed by atoms with Crippen molar-refractivity contribution in [1.82, 2.24) is 5.32 Å². The van der Waals surface area contributed by atoms with Crippen molar-refractivity contribution in [3.63, 3.8) is 0 Å². The van der Waals surface area contributed by atoms with Gasteiger partial charge in [-0.3, -0.25) is 4.79 Å². The van der Waals surface area contributed by atoms with Crippen LogP contribution in [0.15, 0.2) is 18.2 Å². The zero-order valence-electron chi connectivity index (χ0n) is 11.4. The largest absolute Gasteiger partial charge is 0.397 e. The molecule has 3 N–H and O–H groups in total. The number of nitrogens with one attached hydrogen (secondary N) is 1. The third-order valence-electron chi connectivity index (χ3n) is 3.60. The summed E-state index contributed by atoms with van der Waals surface area (Å²) in [7, 11) is 0. The summed E-state index contributed by atoms with van der Waals surface area (Å²) in [6, 6.07) is 6.08. The number of carbonyl (C=O) groups excluding carboxylic acids is 1. The van der Waals surface area contributed by atoms with E-state index in [1.807, 2.05) is 25.1 Å². The molecule has 1 amide bonds. The van der Waals surface area contributed by atoms with Gasteiger partial charge < -0.3 is 15.8 Å². The van der Waals surface area contributed by atoms with E-state index in [1.165, 1.54) is 11.3 Å². The van der Waals surface area contributed by atoms with Crippen LogP contribution in [0.3, 0.4) is 0 Å². The monoisotopic (exact) mass is 290 g/mol. The second-order valence-corrected chi connectivity index (χ2v) is 6.24. The summed E-state index contributed by atoms with van der Waals surface area (Å²) in [5, 5.41) is 3.89. The molecule has 0 radical (unpaired) electrons. The molecule has 2 heterocycles. The summed E-state index contributed by atoms with van der Waals surface area (Å²) >= 11 is 1.45. The number of anilines is 1. The van der Waals surface area contributed by atoms with Crippen LogP contribution < -0.4 is 11.1 Å². The molecule has 20 heavy (non-hydrogen) atoms. The zero-order valence-corrected chi connectivity index (χ0v) is 12.3. The molecule has 1 atom stereocenters. The van der Waals surface area contributed by atoms with Crippen LogP contribution in [-0.4, -0.2) is 25.2 Å². The molecule has 1 fully saturated rings. The Hall–Kier alpha value is -1.59. The Morgan fingerprint density at radius 3 is 3.15 bits per heavy atom. The first-order valence-electron chi connectivity index (χ1n) is 6.83. The number of thiophene rings is 1. The molecule has 0 aliphatic carbocycles. The predicted molar refractivity (Wildman–Crippen MR) is 82.3 cm³/mol. The van der Waals surface area contributed by atoms with E-state index in [0.29, 0.717) is 17.1 Å². The number of fused-ring (bicyclic) bond motifs is 1. The van der Waals surface area contributed by atoms with Crippen molar-refractivity contribution in [3.8, 4) is 0 Å². The number of carbonyl (C=O) groups is 1. The van der Waals surface area contributed by atoms with Gasteiger partial charge in [0.1, 0.15) is 4.88 Å². The lowest BCUT2D eigenvalue weighted by atomic mass is 10.1. The number of hydrogen-bond donors (Lipinski definition) is 2. The van der Waals surface area contributed by atoms with Gasteiger partial charge in [0.2, 0.25) is 0 Å². The predicted octanol–water partition coefficient (Wildman–Crippen LogP) is 2.70. The van der Waals surface area contributed by atoms with Crippen LogP contribution in [-0.2, 0) is 4.74 Å². The molecule has 106 valence electrons. The van der Waals surface area contributed by atoms with E-state index in [2.05, 4.69) is 5.32 Å². The van der Waals surface area contributed by atoms with Crippen molar-refractivity contribution in [1.29, 1.82) is 0 Å². The summed E-state index contributed by atoms with van der Waals surface area (Å²) in [5.41, 5.74) is 7.84. The number of nitrogen functional groups attached to an aromatic ring is 1. The minimum Gasteiger partial charge on any atom is -0.397 e. The van der Waals surface area contributed by atoms with Gasteiger partial charge >= 0.3 is 0 Å². The average molecular weight is 290 g/mol. The van der Waals surface area contributed by atoms with Crippen molar-refractivity contribution in [2.45, 2.75) is 25.9 Å². The highest BCUT2D eigenvalue weighted by Crippen LogP contribution is 2.34. The third-order valence-corrected chi connectivity index (χ3v) is 4.79. The maximum atomic E-state index is 12.2. The van der Waals surface area contributed by atoms with Gasteiger partial charge in [-0.05, 0) is 31.9 Å². The van der Waals surface area contributed by atoms with Gasteiger partial charge in [0.25, 0.3) is 5.91 Å². The van der Waals surface area contributed by atoms with Crippen LogP contribution in [0, 0.1) is 6.92 Å². The van der Waals surface area contributed by atoms with Crippen molar-refractivity contribution >= 4 is 33.0 Å². The zero-order chi connectivity index (χ0) is 14.1. The number of benzene rings is 1. The smallest absolute Gasteiger partial charge is 0.263 e. The highest BCUT2D eigenvalue weighted by molar-refractivity contribution is 7.21. The van der Waals surface area contributed by atoms with Crippen molar-refractivity contribution in [3.05, 3.63) is 28.6 Å². The molecule has 1 saturated heterocycles. The normalized spacial score (nSPS) is 18.6. The molecule has 0 saturated carbocycles. The minimum atomic E-state index is -0.100. The van der Waals surface area contributed by atoms with Crippen LogP contribution in [0.2, 0.25) is 0 Å². The van der Waals surface area contributed by atoms with Crippen LogP contribution in [0.5, 0.6) is 0 Å². The lowest BCUT2D eigenvalue weighted by Crippen LogP contribution is -2.31. The Kier molecular flexibility index (Phi) is 3.63. The fourth-order valence-corrected chi connectivity index (χ4v) is 3.51. The fourth-order valence-electron chi connectivity index (χ4n) is 2.49. The number of ether oxygens (including phenoxy) is 1. The van der Waals surface area contributed by atoms with Crippen molar-refractivity contribution in [2.24, 2.45) is 0 Å². The summed E-state index contributed by atoms with van der Waals surface area (Å²) in [4.78, 5) is 12.8. The molecule has 1 aromatic heterocycles. The topological polar surface area (TPSA) is 64.3 Å². The first-order chi connectivity index (χ1) is 9.65. The molecule has 1 aliphatic heterocycles. The van der Waals surface area contributed by atoms with Gasteiger partial charge in [0.05, 0.1) is 11.8 Å². The highest BCUT2D eigenvalue weighted by Gasteiger charge is 2.20. The second kappa shape index (κ2) is 5.42. The van der Waals surface area contributed by atoms with Gasteiger partial charge in [-0.1, -0.05) is 11.6 Å². The van der Waals surface area contributed by atoms with Crippen LogP contribution in [0.25, 0.3) is 10.1 Å². The standard InChI is InChI=1S/C15H18N2O2S/c1-9-4-5-12-11(7-9)13(16)14(20-12)15(18)17-8-10-3-2-6-19-10/h4-5,7,10H,2-3,6,8,16H2,1H3,(H,17,18). The van der Waals surface area contributed by atoms with Crippen molar-refractivity contribution < 1.29 is 9.53 Å². The van der Waals surface area contributed by atoms with E-state index >= 15 is 0 Å². The second-order valence-electron chi connectivity index (χ2n) is 5.19. The van der Waals surface area contributed by atoms with E-state index in [1.54, 1.807) is 0 Å². The molecule has 1 unspecified atom stereocenters. The lowest BCUT2D eigenvalue weighted by Gasteiger charge is -2.10. The lowest BCUT2D eigenvalue weighted by molar-refractivity contribution is 0.0862. The van der Waals surface area contributed by atoms with E-state index in [4.69, 9.17) is 10.5 Å². The minimum absolute atomic E-state index is 0.100. The fraction of sp³-hybridized carbons (Fsp3) is 0.400. The highest BCUT2D eigenvalue weighted by atomic mass is 32.1. The quantitative estimate of drug-likeness (QED) is 0.913. The van der Waals surface area contributed by atoms with Gasteiger partial charge in [-0.2, -0.15) is 0 Å². The van der Waals surface area contributed by atoms with E-state index in [9.17, 15) is 4.79 Å². The number of hydrogen-bond acceptors (Lipinski definition) is 4. The van der Waals surface area contributed by atoms with Crippen molar-refractivity contribution in [2.75, 3.05) is 18.9 Å². The molecule has 4 nitrogen and oxygen atoms in total. The molecule has 2 aromatic rings. The number of aryl methyl sites for hydroxylation is 1. The Morgan fingerprint density at radius 1 is 1.55 bits per heavy atom. The molecule has 3 rings (SSSR count). The molecule has 1 aliphatic rings. The Balaban J connectivity index is 1.78. The average Bonchev–Trinajstić information content (AvgIpc) is 3.05.